The van der Waals surface area contributed by atoms with E-state index in [4.69, 9.17) is 0 Å². The highest BCUT2D eigenvalue weighted by molar-refractivity contribution is 5.85. The maximum atomic E-state index is 3.54. The molecule has 1 N–H and O–H groups in total. The first-order valence-electron chi connectivity index (χ1n) is 7.74. The minimum atomic E-state index is 0.574. The fraction of sp³-hybridized carbons (Fsp3) is 0.444. The summed E-state index contributed by atoms with van der Waals surface area (Å²) in [5.41, 5.74) is 2.05. The molecule has 2 heterocycles. The van der Waals surface area contributed by atoms with Gasteiger partial charge in [0, 0.05) is 19.6 Å². The van der Waals surface area contributed by atoms with Gasteiger partial charge in [0.05, 0.1) is 0 Å². The van der Waals surface area contributed by atoms with Crippen molar-refractivity contribution in [2.45, 2.75) is 19.4 Å². The van der Waals surface area contributed by atoms with Crippen LogP contribution < -0.4 is 5.32 Å². The first kappa shape index (κ1) is 12.4. The fourth-order valence-electron chi connectivity index (χ4n) is 3.98. The van der Waals surface area contributed by atoms with Crippen LogP contribution in [0, 0.1) is 5.41 Å². The largest absolute Gasteiger partial charge is 0.316 e. The van der Waals surface area contributed by atoms with Gasteiger partial charge in [0.25, 0.3) is 0 Å². The molecule has 0 bridgehead atoms. The van der Waals surface area contributed by atoms with Gasteiger partial charge >= 0.3 is 0 Å². The van der Waals surface area contributed by atoms with Crippen LogP contribution >= 0.6 is 0 Å². The average molecular weight is 266 g/mol. The van der Waals surface area contributed by atoms with Crippen LogP contribution in [-0.4, -0.2) is 31.1 Å². The van der Waals surface area contributed by atoms with Crippen molar-refractivity contribution in [1.82, 2.24) is 10.2 Å². The van der Waals surface area contributed by atoms with Crippen LogP contribution in [0.5, 0.6) is 0 Å². The van der Waals surface area contributed by atoms with Crippen molar-refractivity contribution in [3.63, 3.8) is 0 Å². The van der Waals surface area contributed by atoms with E-state index in [9.17, 15) is 0 Å². The number of hydrogen-bond acceptors (Lipinski definition) is 2. The Bertz CT molecular complexity index is 608. The Morgan fingerprint density at radius 2 is 1.95 bits per heavy atom. The lowest BCUT2D eigenvalue weighted by Crippen LogP contribution is -2.28. The van der Waals surface area contributed by atoms with E-state index >= 15 is 0 Å². The van der Waals surface area contributed by atoms with E-state index < -0.39 is 0 Å². The second-order valence-electron chi connectivity index (χ2n) is 6.53. The van der Waals surface area contributed by atoms with E-state index in [1.165, 1.54) is 55.4 Å². The zero-order valence-electron chi connectivity index (χ0n) is 11.9. The Morgan fingerprint density at radius 1 is 1.05 bits per heavy atom. The summed E-state index contributed by atoms with van der Waals surface area (Å²) in [5, 5.41) is 6.32. The zero-order chi connectivity index (χ0) is 13.4. The smallest absolute Gasteiger partial charge is 0.0240 e. The van der Waals surface area contributed by atoms with Gasteiger partial charge in [-0.15, -0.1) is 0 Å². The quantitative estimate of drug-likeness (QED) is 0.899. The standard InChI is InChI=1S/C18H22N2/c1-2-7-17-15(4-1)5-3-6-16(17)12-20-11-9-18(14-20)8-10-19-13-18/h1-7,19H,8-14H2. The molecule has 4 rings (SSSR count). The maximum absolute atomic E-state index is 3.54. The number of benzene rings is 2. The fourth-order valence-corrected chi connectivity index (χ4v) is 3.98. The van der Waals surface area contributed by atoms with Gasteiger partial charge < -0.3 is 5.32 Å². The van der Waals surface area contributed by atoms with E-state index in [-0.39, 0.29) is 0 Å². The summed E-state index contributed by atoms with van der Waals surface area (Å²) in [7, 11) is 0. The first-order valence-corrected chi connectivity index (χ1v) is 7.74. The summed E-state index contributed by atoms with van der Waals surface area (Å²) in [4.78, 5) is 2.65. The topological polar surface area (TPSA) is 15.3 Å². The van der Waals surface area contributed by atoms with E-state index in [1.54, 1.807) is 0 Å². The molecule has 20 heavy (non-hydrogen) atoms. The zero-order valence-corrected chi connectivity index (χ0v) is 11.9. The molecule has 2 nitrogen and oxygen atoms in total. The van der Waals surface area contributed by atoms with Crippen LogP contribution in [0.25, 0.3) is 10.8 Å². The van der Waals surface area contributed by atoms with Crippen LogP contribution in [0.2, 0.25) is 0 Å². The molecule has 2 saturated heterocycles. The summed E-state index contributed by atoms with van der Waals surface area (Å²) in [6.07, 6.45) is 2.73. The lowest BCUT2D eigenvalue weighted by atomic mass is 9.86. The Kier molecular flexibility index (Phi) is 3.01. The van der Waals surface area contributed by atoms with Crippen LogP contribution in [0.15, 0.2) is 42.5 Å². The monoisotopic (exact) mass is 266 g/mol. The lowest BCUT2D eigenvalue weighted by Gasteiger charge is -2.23. The second kappa shape index (κ2) is 4.87. The molecule has 0 aromatic heterocycles. The van der Waals surface area contributed by atoms with Gasteiger partial charge in [-0.3, -0.25) is 4.90 Å². The summed E-state index contributed by atoms with van der Waals surface area (Å²) in [5.74, 6) is 0. The van der Waals surface area contributed by atoms with E-state index in [2.05, 4.69) is 52.7 Å². The number of rotatable bonds is 2. The number of nitrogens with zero attached hydrogens (tertiary/aromatic N) is 1. The third-order valence-corrected chi connectivity index (χ3v) is 5.12. The molecule has 0 saturated carbocycles. The van der Waals surface area contributed by atoms with E-state index in [1.807, 2.05) is 0 Å². The highest BCUT2D eigenvalue weighted by atomic mass is 15.2. The molecule has 0 amide bonds. The third-order valence-electron chi connectivity index (χ3n) is 5.12. The predicted octanol–water partition coefficient (Wildman–Crippen LogP) is 3.03. The van der Waals surface area contributed by atoms with E-state index in [0.29, 0.717) is 5.41 Å². The number of fused-ring (bicyclic) bond motifs is 1. The van der Waals surface area contributed by atoms with Crippen LogP contribution in [0.4, 0.5) is 0 Å². The minimum absolute atomic E-state index is 0.574. The van der Waals surface area contributed by atoms with Crippen LogP contribution in [0.1, 0.15) is 18.4 Å². The van der Waals surface area contributed by atoms with Crippen molar-refractivity contribution in [2.24, 2.45) is 5.41 Å². The Balaban J connectivity index is 1.56. The molecule has 2 heteroatoms. The number of hydrogen-bond donors (Lipinski definition) is 1. The molecule has 2 fully saturated rings. The molecule has 2 aromatic carbocycles. The SMILES string of the molecule is c1ccc2c(CN3CCC4(CCNC4)C3)cccc2c1. The van der Waals surface area contributed by atoms with E-state index in [0.717, 1.165) is 6.54 Å². The molecule has 2 aliphatic rings. The van der Waals surface area contributed by atoms with Crippen molar-refractivity contribution in [3.05, 3.63) is 48.0 Å². The molecular formula is C18H22N2. The summed E-state index contributed by atoms with van der Waals surface area (Å²) in [6, 6.07) is 15.4. The summed E-state index contributed by atoms with van der Waals surface area (Å²) >= 11 is 0. The van der Waals surface area contributed by atoms with Gasteiger partial charge in [0.2, 0.25) is 0 Å². The Labute approximate surface area is 120 Å². The molecule has 1 unspecified atom stereocenters. The van der Waals surface area contributed by atoms with Crippen molar-refractivity contribution < 1.29 is 0 Å². The summed E-state index contributed by atoms with van der Waals surface area (Å²) in [6.45, 7) is 6.05. The van der Waals surface area contributed by atoms with Crippen molar-refractivity contribution in [1.29, 1.82) is 0 Å². The molecule has 1 spiro atoms. The minimum Gasteiger partial charge on any atom is -0.316 e. The van der Waals surface area contributed by atoms with Crippen LogP contribution in [-0.2, 0) is 6.54 Å². The molecule has 2 aliphatic heterocycles. The maximum Gasteiger partial charge on any atom is 0.0240 e. The number of likely N-dealkylation sites (tertiary alicyclic amines) is 1. The highest BCUT2D eigenvalue weighted by Gasteiger charge is 2.40. The van der Waals surface area contributed by atoms with Crippen molar-refractivity contribution in [3.8, 4) is 0 Å². The van der Waals surface area contributed by atoms with Crippen LogP contribution in [0.3, 0.4) is 0 Å². The second-order valence-corrected chi connectivity index (χ2v) is 6.53. The number of nitrogens with one attached hydrogen (secondary N) is 1. The Morgan fingerprint density at radius 3 is 2.85 bits per heavy atom. The van der Waals surface area contributed by atoms with Gasteiger partial charge in [-0.05, 0) is 47.7 Å². The van der Waals surface area contributed by atoms with Gasteiger partial charge in [-0.25, -0.2) is 0 Å². The molecule has 0 radical (unpaired) electrons. The molecular weight excluding hydrogens is 244 g/mol. The van der Waals surface area contributed by atoms with Gasteiger partial charge in [-0.1, -0.05) is 42.5 Å². The van der Waals surface area contributed by atoms with Crippen molar-refractivity contribution in [2.75, 3.05) is 26.2 Å². The molecule has 1 atom stereocenters. The van der Waals surface area contributed by atoms with Crippen molar-refractivity contribution >= 4 is 10.8 Å². The van der Waals surface area contributed by atoms with Gasteiger partial charge in [0.15, 0.2) is 0 Å². The normalized spacial score (nSPS) is 26.8. The van der Waals surface area contributed by atoms with Gasteiger partial charge in [-0.2, -0.15) is 0 Å². The highest BCUT2D eigenvalue weighted by Crippen LogP contribution is 2.36. The lowest BCUT2D eigenvalue weighted by molar-refractivity contribution is 0.269. The molecule has 104 valence electrons. The molecule has 2 aromatic rings. The van der Waals surface area contributed by atoms with Gasteiger partial charge in [0.1, 0.15) is 0 Å². The first-order chi connectivity index (χ1) is 9.85. The molecule has 0 aliphatic carbocycles. The summed E-state index contributed by atoms with van der Waals surface area (Å²) < 4.78 is 0. The Hall–Kier alpha value is -1.38. The predicted molar refractivity (Wildman–Crippen MR) is 83.8 cm³/mol. The average Bonchev–Trinajstić information content (AvgIpc) is 3.10. The third kappa shape index (κ3) is 2.13.